The number of aromatic nitrogens is 1. The highest BCUT2D eigenvalue weighted by Crippen LogP contribution is 2.36. The molecule has 3 aromatic rings. The number of carbonyl (C=O) groups is 1. The van der Waals surface area contributed by atoms with E-state index in [0.717, 1.165) is 6.08 Å². The number of amides is 1. The van der Waals surface area contributed by atoms with E-state index in [1.54, 1.807) is 0 Å². The van der Waals surface area contributed by atoms with Gasteiger partial charge in [0, 0.05) is 36.0 Å². The molecule has 1 aromatic heterocycles. The third kappa shape index (κ3) is 8.09. The average Bonchev–Trinajstić information content (AvgIpc) is 2.84. The molecule has 0 unspecified atom stereocenters. The van der Waals surface area contributed by atoms with Gasteiger partial charge in [0.2, 0.25) is 5.88 Å². The van der Waals surface area contributed by atoms with Crippen molar-refractivity contribution in [1.29, 1.82) is 0 Å². The molecular weight excluding hydrogens is 572 g/mol. The summed E-state index contributed by atoms with van der Waals surface area (Å²) in [6.07, 6.45) is -1.93. The molecular formula is C24H19Cl2F3N2O6S. The fraction of sp³-hybridized carbons (Fsp3) is 0.167. The van der Waals surface area contributed by atoms with Gasteiger partial charge in [0.05, 0.1) is 17.1 Å². The van der Waals surface area contributed by atoms with Crippen molar-refractivity contribution in [1.82, 2.24) is 9.71 Å². The van der Waals surface area contributed by atoms with Crippen LogP contribution in [0.2, 0.25) is 10.0 Å². The topological polar surface area (TPSA) is 104 Å². The van der Waals surface area contributed by atoms with Crippen molar-refractivity contribution in [2.24, 2.45) is 0 Å². The Kier molecular flexibility index (Phi) is 9.60. The average molecular weight is 591 g/mol. The van der Waals surface area contributed by atoms with Crippen molar-refractivity contribution in [2.45, 2.75) is 11.1 Å². The summed E-state index contributed by atoms with van der Waals surface area (Å²) in [7, 11) is -2.68. The van der Waals surface area contributed by atoms with Crippen LogP contribution in [0.3, 0.4) is 0 Å². The van der Waals surface area contributed by atoms with Gasteiger partial charge in [0.1, 0.15) is 23.1 Å². The maximum atomic E-state index is 12.9. The normalized spacial score (nSPS) is 11.9. The number of carbonyl (C=O) groups excluding carboxylic acids is 1. The molecule has 1 amide bonds. The Hall–Kier alpha value is -3.32. The number of alkyl halides is 3. The molecule has 0 saturated heterocycles. The van der Waals surface area contributed by atoms with Crippen molar-refractivity contribution in [3.8, 4) is 17.4 Å². The van der Waals surface area contributed by atoms with Gasteiger partial charge in [-0.2, -0.15) is 13.2 Å². The van der Waals surface area contributed by atoms with Crippen LogP contribution in [0.15, 0.2) is 65.7 Å². The quantitative estimate of drug-likeness (QED) is 0.237. The Labute approximate surface area is 226 Å². The van der Waals surface area contributed by atoms with E-state index in [0.29, 0.717) is 23.0 Å². The number of nitrogens with zero attached hydrogens (tertiary/aromatic N) is 1. The van der Waals surface area contributed by atoms with E-state index in [9.17, 15) is 26.4 Å². The van der Waals surface area contributed by atoms with E-state index in [-0.39, 0.29) is 35.3 Å². The second kappa shape index (κ2) is 12.5. The zero-order chi connectivity index (χ0) is 27.9. The molecule has 38 heavy (non-hydrogen) atoms. The number of methoxy groups -OCH3 is 1. The Bertz CT molecular complexity index is 1430. The largest absolute Gasteiger partial charge is 0.491 e. The molecule has 3 rings (SSSR count). The molecule has 0 atom stereocenters. The molecule has 202 valence electrons. The molecule has 0 aliphatic heterocycles. The molecule has 2 aromatic carbocycles. The number of halogens is 5. The summed E-state index contributed by atoms with van der Waals surface area (Å²) in [6, 6.07) is 10.3. The Balaban J connectivity index is 1.86. The van der Waals surface area contributed by atoms with E-state index in [1.807, 2.05) is 4.72 Å². The van der Waals surface area contributed by atoms with Crippen LogP contribution in [0.25, 0.3) is 6.08 Å². The second-order valence-electron chi connectivity index (χ2n) is 7.41. The lowest BCUT2D eigenvalue weighted by Gasteiger charge is -2.13. The van der Waals surface area contributed by atoms with E-state index in [2.05, 4.69) is 4.98 Å². The second-order valence-corrected chi connectivity index (χ2v) is 9.93. The van der Waals surface area contributed by atoms with E-state index in [1.165, 1.54) is 55.7 Å². The van der Waals surface area contributed by atoms with Crippen LogP contribution >= 0.6 is 23.2 Å². The van der Waals surface area contributed by atoms with Gasteiger partial charge in [-0.3, -0.25) is 4.79 Å². The molecule has 0 aliphatic rings. The molecule has 1 N–H and O–H groups in total. The highest BCUT2D eigenvalue weighted by molar-refractivity contribution is 7.90. The maximum Gasteiger partial charge on any atom is 0.417 e. The number of ether oxygens (including phenoxy) is 3. The van der Waals surface area contributed by atoms with Gasteiger partial charge < -0.3 is 14.2 Å². The minimum Gasteiger partial charge on any atom is -0.491 e. The van der Waals surface area contributed by atoms with Crippen molar-refractivity contribution >= 4 is 45.2 Å². The van der Waals surface area contributed by atoms with Gasteiger partial charge in [0.25, 0.3) is 15.9 Å². The maximum absolute atomic E-state index is 12.9. The fourth-order valence-corrected chi connectivity index (χ4v) is 4.11. The van der Waals surface area contributed by atoms with Crippen molar-refractivity contribution in [3.05, 3.63) is 82.0 Å². The van der Waals surface area contributed by atoms with Gasteiger partial charge in [0.15, 0.2) is 0 Å². The highest BCUT2D eigenvalue weighted by Gasteiger charge is 2.32. The summed E-state index contributed by atoms with van der Waals surface area (Å²) in [6.45, 7) is 0.474. The van der Waals surface area contributed by atoms with Gasteiger partial charge in [-0.05, 0) is 48.5 Å². The molecule has 8 nitrogen and oxygen atoms in total. The zero-order valence-electron chi connectivity index (χ0n) is 19.5. The Morgan fingerprint density at radius 3 is 2.42 bits per heavy atom. The van der Waals surface area contributed by atoms with E-state index < -0.39 is 32.7 Å². The summed E-state index contributed by atoms with van der Waals surface area (Å²) in [5.41, 5.74) is -0.828. The predicted octanol–water partition coefficient (Wildman–Crippen LogP) is 5.74. The first-order chi connectivity index (χ1) is 17.9. The van der Waals surface area contributed by atoms with Crippen LogP contribution < -0.4 is 14.2 Å². The van der Waals surface area contributed by atoms with E-state index in [4.69, 9.17) is 37.4 Å². The van der Waals surface area contributed by atoms with Gasteiger partial charge in [-0.25, -0.2) is 18.1 Å². The Morgan fingerprint density at radius 2 is 1.79 bits per heavy atom. The third-order valence-electron chi connectivity index (χ3n) is 4.66. The molecule has 1 heterocycles. The molecule has 0 fully saturated rings. The highest BCUT2D eigenvalue weighted by atomic mass is 35.5. The van der Waals surface area contributed by atoms with Gasteiger partial charge in [-0.15, -0.1) is 0 Å². The minimum atomic E-state index is -4.65. The standard InChI is InChI=1S/C24H19Cl2F3N2O6S/c1-35-10-11-36-18-6-2-15(3-9-22(32)31-38(33,34)19-7-4-17(25)5-8-19)21(13-18)37-23-20(26)12-16(14-30-23)24(27,28)29/h2-9,12-14H,10-11H2,1H3,(H,31,32). The van der Waals surface area contributed by atoms with Crippen molar-refractivity contribution < 1.29 is 40.6 Å². The van der Waals surface area contributed by atoms with Crippen LogP contribution in [0.5, 0.6) is 17.4 Å². The SMILES string of the molecule is COCCOc1ccc(C=CC(=O)NS(=O)(=O)c2ccc(Cl)cc2)c(Oc2ncc(C(F)(F)F)cc2Cl)c1. The van der Waals surface area contributed by atoms with Crippen molar-refractivity contribution in [3.63, 3.8) is 0 Å². The monoisotopic (exact) mass is 590 g/mol. The lowest BCUT2D eigenvalue weighted by atomic mass is 10.1. The van der Waals surface area contributed by atoms with E-state index >= 15 is 0 Å². The van der Waals surface area contributed by atoms with Crippen molar-refractivity contribution in [2.75, 3.05) is 20.3 Å². The number of rotatable bonds is 10. The zero-order valence-corrected chi connectivity index (χ0v) is 21.8. The van der Waals surface area contributed by atoms with Crippen LogP contribution in [0, 0.1) is 0 Å². The fourth-order valence-electron chi connectivity index (χ4n) is 2.84. The molecule has 0 spiro atoms. The summed E-state index contributed by atoms with van der Waals surface area (Å²) >= 11 is 11.7. The predicted molar refractivity (Wildman–Crippen MR) is 134 cm³/mol. The Morgan fingerprint density at radius 1 is 1.08 bits per heavy atom. The summed E-state index contributed by atoms with van der Waals surface area (Å²) in [4.78, 5) is 15.8. The number of sulfonamides is 1. The molecule has 0 aliphatic carbocycles. The number of pyridine rings is 1. The minimum absolute atomic E-state index is 0.0127. The lowest BCUT2D eigenvalue weighted by molar-refractivity contribution is -0.137. The summed E-state index contributed by atoms with van der Waals surface area (Å²) in [5, 5.41) is -0.0905. The smallest absolute Gasteiger partial charge is 0.417 e. The molecule has 0 saturated carbocycles. The van der Waals surface area contributed by atoms with Gasteiger partial charge >= 0.3 is 6.18 Å². The first-order valence-electron chi connectivity index (χ1n) is 10.6. The summed E-state index contributed by atoms with van der Waals surface area (Å²) in [5.74, 6) is -0.985. The van der Waals surface area contributed by atoms with Crippen LogP contribution in [0.1, 0.15) is 11.1 Å². The van der Waals surface area contributed by atoms with Gasteiger partial charge in [-0.1, -0.05) is 23.2 Å². The number of nitrogens with one attached hydrogen (secondary N) is 1. The number of hydrogen-bond donors (Lipinski definition) is 1. The molecule has 14 heteroatoms. The lowest BCUT2D eigenvalue weighted by Crippen LogP contribution is -2.28. The van der Waals surface area contributed by atoms with Crippen LogP contribution in [-0.4, -0.2) is 39.6 Å². The molecule has 0 radical (unpaired) electrons. The first kappa shape index (κ1) is 29.2. The van der Waals surface area contributed by atoms with Crippen LogP contribution in [-0.2, 0) is 25.7 Å². The summed E-state index contributed by atoms with van der Waals surface area (Å²) < 4.78 is 81.6. The molecule has 0 bridgehead atoms. The number of hydrogen-bond acceptors (Lipinski definition) is 7. The third-order valence-corrected chi connectivity index (χ3v) is 6.54. The number of benzene rings is 2. The van der Waals surface area contributed by atoms with Crippen LogP contribution in [0.4, 0.5) is 13.2 Å². The first-order valence-corrected chi connectivity index (χ1v) is 12.8.